The fourth-order valence-electron chi connectivity index (χ4n) is 1.18. The van der Waals surface area contributed by atoms with Crippen LogP contribution in [0.25, 0.3) is 0 Å². The van der Waals surface area contributed by atoms with Crippen LogP contribution in [0.4, 0.5) is 0 Å². The quantitative estimate of drug-likeness (QED) is 0.822. The zero-order valence-electron chi connectivity index (χ0n) is 9.09. The number of hydrogen-bond donors (Lipinski definition) is 1. The van der Waals surface area contributed by atoms with E-state index in [-0.39, 0.29) is 0 Å². The van der Waals surface area contributed by atoms with Gasteiger partial charge in [-0.25, -0.2) is 0 Å². The Bertz CT molecular complexity index is 321. The zero-order chi connectivity index (χ0) is 11.3. The largest absolute Gasteiger partial charge is 0.313 e. The Labute approximate surface area is 104 Å². The van der Waals surface area contributed by atoms with Gasteiger partial charge in [0, 0.05) is 16.7 Å². The third-order valence-electron chi connectivity index (χ3n) is 2.21. The molecule has 0 saturated carbocycles. The molecule has 0 aliphatic rings. The van der Waals surface area contributed by atoms with E-state index in [0.717, 1.165) is 10.2 Å². The fraction of sp³-hybridized carbons (Fsp3) is 0.333. The fourth-order valence-corrected chi connectivity index (χ4v) is 2.18. The highest BCUT2D eigenvalue weighted by molar-refractivity contribution is 9.11. The molecule has 0 aliphatic heterocycles. The van der Waals surface area contributed by atoms with Crippen LogP contribution < -0.4 is 5.32 Å². The number of nitrogens with one attached hydrogen (secondary N) is 1. The third-order valence-corrected chi connectivity index (χ3v) is 3.96. The van der Waals surface area contributed by atoms with Gasteiger partial charge in [0.2, 0.25) is 0 Å². The molecular formula is C12H16BrNS. The van der Waals surface area contributed by atoms with Gasteiger partial charge in [-0.3, -0.25) is 0 Å². The first-order valence-electron chi connectivity index (χ1n) is 4.86. The second-order valence-corrected chi connectivity index (χ2v) is 5.56. The summed E-state index contributed by atoms with van der Waals surface area (Å²) in [5, 5.41) is 3.22. The molecule has 0 heterocycles. The molecule has 0 bridgehead atoms. The Morgan fingerprint density at radius 2 is 2.07 bits per heavy atom. The summed E-state index contributed by atoms with van der Waals surface area (Å²) in [6.45, 7) is 5.97. The summed E-state index contributed by atoms with van der Waals surface area (Å²) in [6, 6.07) is 9.06. The smallest absolute Gasteiger partial charge is 0.0292 e. The van der Waals surface area contributed by atoms with E-state index in [2.05, 4.69) is 59.0 Å². The van der Waals surface area contributed by atoms with Gasteiger partial charge in [-0.05, 0) is 36.1 Å². The molecular weight excluding hydrogens is 270 g/mol. The first-order chi connectivity index (χ1) is 7.13. The summed E-state index contributed by atoms with van der Waals surface area (Å²) in [4.78, 5) is 1.28. The van der Waals surface area contributed by atoms with Gasteiger partial charge in [0.25, 0.3) is 0 Å². The molecule has 0 aliphatic carbocycles. The summed E-state index contributed by atoms with van der Waals surface area (Å²) in [5.41, 5.74) is 1.32. The highest BCUT2D eigenvalue weighted by Gasteiger charge is 2.01. The summed E-state index contributed by atoms with van der Waals surface area (Å²) in [6.07, 6.45) is 0. The van der Waals surface area contributed by atoms with Crippen LogP contribution in [0.3, 0.4) is 0 Å². The monoisotopic (exact) mass is 285 g/mol. The van der Waals surface area contributed by atoms with E-state index in [1.165, 1.54) is 10.5 Å². The lowest BCUT2D eigenvalue weighted by molar-refractivity contribution is 0.652. The molecule has 82 valence electrons. The predicted octanol–water partition coefficient (Wildman–Crippen LogP) is 3.97. The molecule has 1 N–H and O–H groups in total. The van der Waals surface area contributed by atoms with Crippen LogP contribution in [0.15, 0.2) is 40.2 Å². The Balaban J connectivity index is 2.60. The lowest BCUT2D eigenvalue weighted by atomic mass is 10.1. The van der Waals surface area contributed by atoms with Gasteiger partial charge in [0.15, 0.2) is 0 Å². The average Bonchev–Trinajstić information content (AvgIpc) is 2.26. The molecule has 0 saturated heterocycles. The van der Waals surface area contributed by atoms with Crippen LogP contribution in [0.2, 0.25) is 0 Å². The van der Waals surface area contributed by atoms with Crippen LogP contribution in [0, 0.1) is 0 Å². The zero-order valence-corrected chi connectivity index (χ0v) is 11.5. The van der Waals surface area contributed by atoms with Crippen molar-refractivity contribution in [2.24, 2.45) is 0 Å². The highest BCUT2D eigenvalue weighted by atomic mass is 79.9. The van der Waals surface area contributed by atoms with E-state index in [9.17, 15) is 0 Å². The van der Waals surface area contributed by atoms with Crippen LogP contribution in [-0.4, -0.2) is 12.8 Å². The number of hydrogen-bond acceptors (Lipinski definition) is 2. The maximum atomic E-state index is 3.82. The molecule has 0 spiro atoms. The van der Waals surface area contributed by atoms with Crippen molar-refractivity contribution in [2.75, 3.05) is 12.8 Å². The molecule has 1 aromatic rings. The van der Waals surface area contributed by atoms with E-state index < -0.39 is 0 Å². The van der Waals surface area contributed by atoms with E-state index in [1.54, 1.807) is 11.8 Å². The Morgan fingerprint density at radius 3 is 2.53 bits per heavy atom. The van der Waals surface area contributed by atoms with Crippen molar-refractivity contribution < 1.29 is 0 Å². The van der Waals surface area contributed by atoms with E-state index in [0.29, 0.717) is 6.04 Å². The third kappa shape index (κ3) is 4.41. The first-order valence-corrected chi connectivity index (χ1v) is 6.64. The standard InChI is InChI=1S/C12H16BrNS/c1-9(13)8-15-12-6-4-11(5-7-12)10(2)14-3/h4-7,10,14H,1,8H2,2-3H3. The molecule has 3 heteroatoms. The second-order valence-electron chi connectivity index (χ2n) is 3.39. The number of rotatable bonds is 5. The van der Waals surface area contributed by atoms with Crippen molar-refractivity contribution in [3.63, 3.8) is 0 Å². The summed E-state index contributed by atoms with van der Waals surface area (Å²) in [5.74, 6) is 0.918. The van der Waals surface area contributed by atoms with Gasteiger partial charge in [-0.1, -0.05) is 34.6 Å². The minimum Gasteiger partial charge on any atom is -0.313 e. The lowest BCUT2D eigenvalue weighted by Gasteiger charge is -2.10. The van der Waals surface area contributed by atoms with Crippen LogP contribution in [0.1, 0.15) is 18.5 Å². The Kier molecular flexibility index (Phi) is 5.43. The van der Waals surface area contributed by atoms with Gasteiger partial charge in [-0.2, -0.15) is 0 Å². The number of halogens is 1. The van der Waals surface area contributed by atoms with Crippen LogP contribution in [-0.2, 0) is 0 Å². The topological polar surface area (TPSA) is 12.0 Å². The summed E-state index contributed by atoms with van der Waals surface area (Å²) in [7, 11) is 1.97. The summed E-state index contributed by atoms with van der Waals surface area (Å²) < 4.78 is 1.03. The van der Waals surface area contributed by atoms with Crippen molar-refractivity contribution in [3.05, 3.63) is 40.9 Å². The van der Waals surface area contributed by atoms with Crippen molar-refractivity contribution in [2.45, 2.75) is 17.9 Å². The maximum absolute atomic E-state index is 3.82. The molecule has 15 heavy (non-hydrogen) atoms. The SMILES string of the molecule is C=C(Br)CSc1ccc(C(C)NC)cc1. The normalized spacial score (nSPS) is 12.5. The van der Waals surface area contributed by atoms with Crippen LogP contribution >= 0.6 is 27.7 Å². The van der Waals surface area contributed by atoms with E-state index >= 15 is 0 Å². The predicted molar refractivity (Wildman–Crippen MR) is 72.7 cm³/mol. The van der Waals surface area contributed by atoms with Crippen molar-refractivity contribution >= 4 is 27.7 Å². The molecule has 0 aromatic heterocycles. The van der Waals surface area contributed by atoms with Gasteiger partial charge >= 0.3 is 0 Å². The Morgan fingerprint density at radius 1 is 1.47 bits per heavy atom. The molecule has 1 rings (SSSR count). The van der Waals surface area contributed by atoms with E-state index in [4.69, 9.17) is 0 Å². The van der Waals surface area contributed by atoms with Gasteiger partial charge in [-0.15, -0.1) is 11.8 Å². The molecule has 1 unspecified atom stereocenters. The maximum Gasteiger partial charge on any atom is 0.0292 e. The van der Waals surface area contributed by atoms with Crippen molar-refractivity contribution in [1.82, 2.24) is 5.32 Å². The molecule has 1 nitrogen and oxygen atoms in total. The van der Waals surface area contributed by atoms with E-state index in [1.807, 2.05) is 7.05 Å². The minimum atomic E-state index is 0.412. The van der Waals surface area contributed by atoms with Gasteiger partial charge in [0.1, 0.15) is 0 Å². The molecule has 0 radical (unpaired) electrons. The van der Waals surface area contributed by atoms with Gasteiger partial charge < -0.3 is 5.32 Å². The second kappa shape index (κ2) is 6.36. The number of benzene rings is 1. The molecule has 0 fully saturated rings. The van der Waals surface area contributed by atoms with Crippen molar-refractivity contribution in [1.29, 1.82) is 0 Å². The molecule has 1 aromatic carbocycles. The minimum absolute atomic E-state index is 0.412. The Hall–Kier alpha value is -0.250. The van der Waals surface area contributed by atoms with Crippen molar-refractivity contribution in [3.8, 4) is 0 Å². The lowest BCUT2D eigenvalue weighted by Crippen LogP contribution is -2.11. The van der Waals surface area contributed by atoms with Gasteiger partial charge in [0.05, 0.1) is 0 Å². The summed E-state index contributed by atoms with van der Waals surface area (Å²) >= 11 is 5.15. The van der Waals surface area contributed by atoms with Crippen LogP contribution in [0.5, 0.6) is 0 Å². The average molecular weight is 286 g/mol. The molecule has 1 atom stereocenters. The number of thioether (sulfide) groups is 1. The molecule has 0 amide bonds. The highest BCUT2D eigenvalue weighted by Crippen LogP contribution is 2.23. The first kappa shape index (κ1) is 12.8.